The molecule has 0 amide bonds. The number of aryl methyl sites for hydroxylation is 1. The van der Waals surface area contributed by atoms with E-state index in [9.17, 15) is 5.11 Å². The zero-order valence-corrected chi connectivity index (χ0v) is 13.9. The van der Waals surface area contributed by atoms with Crippen LogP contribution in [0.4, 0.5) is 5.13 Å². The first-order chi connectivity index (χ1) is 10.0. The van der Waals surface area contributed by atoms with Crippen LogP contribution in [-0.2, 0) is 0 Å². The molecule has 1 atom stereocenters. The molecule has 0 saturated heterocycles. The smallest absolute Gasteiger partial charge is 0.205 e. The van der Waals surface area contributed by atoms with Gasteiger partial charge in [0.25, 0.3) is 0 Å². The maximum Gasteiger partial charge on any atom is 0.205 e. The van der Waals surface area contributed by atoms with Crippen LogP contribution >= 0.6 is 11.5 Å². The Balaban J connectivity index is 2.08. The van der Waals surface area contributed by atoms with E-state index < -0.39 is 6.10 Å². The molecule has 0 aliphatic carbocycles. The van der Waals surface area contributed by atoms with Crippen molar-refractivity contribution >= 4 is 16.7 Å². The van der Waals surface area contributed by atoms with Gasteiger partial charge in [-0.1, -0.05) is 43.7 Å². The highest BCUT2D eigenvalue weighted by Gasteiger charge is 2.17. The fraction of sp³-hybridized carbons (Fsp3) is 0.500. The molecule has 2 rings (SSSR count). The molecule has 4 nitrogen and oxygen atoms in total. The van der Waals surface area contributed by atoms with Crippen LogP contribution in [0.3, 0.4) is 0 Å². The van der Waals surface area contributed by atoms with Gasteiger partial charge in [-0.25, -0.2) is 4.98 Å². The average molecular weight is 305 g/mol. The molecule has 0 saturated carbocycles. The maximum absolute atomic E-state index is 10.4. The van der Waals surface area contributed by atoms with Gasteiger partial charge in [0.05, 0.1) is 12.6 Å². The van der Waals surface area contributed by atoms with E-state index in [0.29, 0.717) is 12.5 Å². The normalized spacial score (nSPS) is 12.7. The summed E-state index contributed by atoms with van der Waals surface area (Å²) < 4.78 is 4.38. The Morgan fingerprint density at radius 1 is 1.24 bits per heavy atom. The number of nitrogens with zero attached hydrogens (tertiary/aromatic N) is 3. The Hall–Kier alpha value is -1.46. The lowest BCUT2D eigenvalue weighted by molar-refractivity contribution is 0.183. The van der Waals surface area contributed by atoms with Crippen molar-refractivity contribution in [1.82, 2.24) is 9.36 Å². The second kappa shape index (κ2) is 7.00. The van der Waals surface area contributed by atoms with Crippen LogP contribution in [0.2, 0.25) is 0 Å². The molecule has 0 bridgehead atoms. The number of hydrogen-bond acceptors (Lipinski definition) is 5. The van der Waals surface area contributed by atoms with Crippen LogP contribution < -0.4 is 4.90 Å². The number of hydrogen-bond donors (Lipinski definition) is 1. The van der Waals surface area contributed by atoms with Crippen LogP contribution in [0, 0.1) is 6.92 Å². The van der Waals surface area contributed by atoms with Crippen molar-refractivity contribution in [2.45, 2.75) is 39.7 Å². The molecule has 1 aromatic carbocycles. The fourth-order valence-corrected chi connectivity index (χ4v) is 2.91. The minimum absolute atomic E-state index is 0.329. The highest BCUT2D eigenvalue weighted by Crippen LogP contribution is 2.24. The van der Waals surface area contributed by atoms with Crippen molar-refractivity contribution in [3.8, 4) is 0 Å². The number of aromatic nitrogens is 2. The third-order valence-corrected chi connectivity index (χ3v) is 4.25. The van der Waals surface area contributed by atoms with Crippen LogP contribution in [0.25, 0.3) is 0 Å². The van der Waals surface area contributed by atoms with Gasteiger partial charge in [-0.2, -0.15) is 4.37 Å². The molecular formula is C16H23N3OS. The first-order valence-corrected chi connectivity index (χ1v) is 8.11. The van der Waals surface area contributed by atoms with Gasteiger partial charge in [-0.15, -0.1) is 0 Å². The van der Waals surface area contributed by atoms with Crippen molar-refractivity contribution in [3.05, 3.63) is 41.2 Å². The van der Waals surface area contributed by atoms with Crippen molar-refractivity contribution in [1.29, 1.82) is 0 Å². The highest BCUT2D eigenvalue weighted by molar-refractivity contribution is 7.09. The number of aliphatic hydroxyl groups is 1. The Morgan fingerprint density at radius 2 is 1.90 bits per heavy atom. The van der Waals surface area contributed by atoms with Gasteiger partial charge in [-0.3, -0.25) is 0 Å². The van der Waals surface area contributed by atoms with Gasteiger partial charge in [0.2, 0.25) is 5.13 Å². The SMILES string of the molecule is CCN(CC(O)c1ccc(C)cc1)c1nc(C(C)C)ns1. The molecule has 1 N–H and O–H groups in total. The summed E-state index contributed by atoms with van der Waals surface area (Å²) in [6.07, 6.45) is -0.517. The van der Waals surface area contributed by atoms with E-state index in [1.807, 2.05) is 31.2 Å². The monoisotopic (exact) mass is 305 g/mol. The number of anilines is 1. The Kier molecular flexibility index (Phi) is 5.31. The van der Waals surface area contributed by atoms with E-state index in [1.165, 1.54) is 17.1 Å². The fourth-order valence-electron chi connectivity index (χ4n) is 2.03. The maximum atomic E-state index is 10.4. The van der Waals surface area contributed by atoms with E-state index in [4.69, 9.17) is 0 Å². The summed E-state index contributed by atoms with van der Waals surface area (Å²) in [7, 11) is 0. The molecule has 114 valence electrons. The summed E-state index contributed by atoms with van der Waals surface area (Å²) in [6, 6.07) is 8.01. The second-order valence-electron chi connectivity index (χ2n) is 5.55. The highest BCUT2D eigenvalue weighted by atomic mass is 32.1. The molecule has 0 aliphatic rings. The van der Waals surface area contributed by atoms with Gasteiger partial charge in [0.15, 0.2) is 0 Å². The molecule has 21 heavy (non-hydrogen) atoms. The second-order valence-corrected chi connectivity index (χ2v) is 6.29. The molecule has 0 radical (unpaired) electrons. The lowest BCUT2D eigenvalue weighted by Crippen LogP contribution is -2.28. The number of likely N-dealkylation sites (N-methyl/N-ethyl adjacent to an activating group) is 1. The predicted octanol–water partition coefficient (Wildman–Crippen LogP) is 3.53. The van der Waals surface area contributed by atoms with Gasteiger partial charge in [0.1, 0.15) is 5.82 Å². The quantitative estimate of drug-likeness (QED) is 0.887. The van der Waals surface area contributed by atoms with Crippen LogP contribution in [0.15, 0.2) is 24.3 Å². The van der Waals surface area contributed by atoms with Crippen molar-refractivity contribution in [2.24, 2.45) is 0 Å². The summed E-state index contributed by atoms with van der Waals surface area (Å²) in [5, 5.41) is 11.3. The molecular weight excluding hydrogens is 282 g/mol. The molecule has 1 unspecified atom stereocenters. The Bertz CT molecular complexity index is 565. The third kappa shape index (κ3) is 4.02. The van der Waals surface area contributed by atoms with E-state index in [0.717, 1.165) is 23.1 Å². The van der Waals surface area contributed by atoms with Crippen LogP contribution in [0.5, 0.6) is 0 Å². The van der Waals surface area contributed by atoms with Crippen molar-refractivity contribution < 1.29 is 5.11 Å². The first-order valence-electron chi connectivity index (χ1n) is 7.34. The molecule has 1 aromatic heterocycles. The molecule has 0 fully saturated rings. The summed E-state index contributed by atoms with van der Waals surface area (Å²) in [5.74, 6) is 1.20. The zero-order chi connectivity index (χ0) is 15.4. The van der Waals surface area contributed by atoms with Crippen molar-refractivity contribution in [2.75, 3.05) is 18.0 Å². The number of benzene rings is 1. The molecule has 1 heterocycles. The molecule has 5 heteroatoms. The lowest BCUT2D eigenvalue weighted by Gasteiger charge is -2.23. The summed E-state index contributed by atoms with van der Waals surface area (Å²) in [5.41, 5.74) is 2.14. The number of rotatable bonds is 6. The predicted molar refractivity (Wildman–Crippen MR) is 88.0 cm³/mol. The van der Waals surface area contributed by atoms with E-state index in [2.05, 4.69) is 35.0 Å². The van der Waals surface area contributed by atoms with Crippen LogP contribution in [0.1, 0.15) is 49.7 Å². The molecule has 0 spiro atoms. The minimum atomic E-state index is -0.517. The van der Waals surface area contributed by atoms with Crippen LogP contribution in [-0.4, -0.2) is 27.6 Å². The van der Waals surface area contributed by atoms with E-state index in [1.54, 1.807) is 0 Å². The third-order valence-electron chi connectivity index (χ3n) is 3.46. The topological polar surface area (TPSA) is 49.2 Å². The van der Waals surface area contributed by atoms with Gasteiger partial charge >= 0.3 is 0 Å². The Labute approximate surface area is 130 Å². The molecule has 0 aliphatic heterocycles. The molecule has 2 aromatic rings. The summed E-state index contributed by atoms with van der Waals surface area (Å²) in [4.78, 5) is 6.64. The summed E-state index contributed by atoms with van der Waals surface area (Å²) >= 11 is 1.40. The van der Waals surface area contributed by atoms with E-state index >= 15 is 0 Å². The Morgan fingerprint density at radius 3 is 2.43 bits per heavy atom. The van der Waals surface area contributed by atoms with E-state index in [-0.39, 0.29) is 0 Å². The largest absolute Gasteiger partial charge is 0.387 e. The van der Waals surface area contributed by atoms with Gasteiger partial charge in [0, 0.05) is 24.0 Å². The van der Waals surface area contributed by atoms with Gasteiger partial charge in [-0.05, 0) is 19.4 Å². The minimum Gasteiger partial charge on any atom is -0.387 e. The number of aliphatic hydroxyl groups excluding tert-OH is 1. The average Bonchev–Trinajstić information content (AvgIpc) is 2.95. The standard InChI is InChI=1S/C16H23N3OS/c1-5-19(16-17-15(11(2)3)18-21-16)10-14(20)13-8-6-12(4)7-9-13/h6-9,11,14,20H,5,10H2,1-4H3. The zero-order valence-electron chi connectivity index (χ0n) is 13.1. The van der Waals surface area contributed by atoms with Crippen molar-refractivity contribution in [3.63, 3.8) is 0 Å². The lowest BCUT2D eigenvalue weighted by atomic mass is 10.1. The van der Waals surface area contributed by atoms with Gasteiger partial charge < -0.3 is 10.0 Å². The summed E-state index contributed by atoms with van der Waals surface area (Å²) in [6.45, 7) is 9.62. The first kappa shape index (κ1) is 15.9.